The highest BCUT2D eigenvalue weighted by molar-refractivity contribution is 7.88. The summed E-state index contributed by atoms with van der Waals surface area (Å²) in [6, 6.07) is 8.20. The second-order valence-electron chi connectivity index (χ2n) is 8.15. The van der Waals surface area contributed by atoms with Crippen LogP contribution in [0, 0.1) is 0 Å². The van der Waals surface area contributed by atoms with Gasteiger partial charge in [0.15, 0.2) is 11.5 Å². The third-order valence-electron chi connectivity index (χ3n) is 5.93. The Morgan fingerprint density at radius 1 is 1.10 bits per heavy atom. The fourth-order valence-corrected chi connectivity index (χ4v) is 4.75. The summed E-state index contributed by atoms with van der Waals surface area (Å²) in [6.07, 6.45) is 6.06. The van der Waals surface area contributed by atoms with Crippen molar-refractivity contribution in [3.8, 4) is 0 Å². The molecule has 0 atom stereocenters. The van der Waals surface area contributed by atoms with Crippen LogP contribution in [-0.4, -0.2) is 59.2 Å². The predicted molar refractivity (Wildman–Crippen MR) is 118 cm³/mol. The molecular weight excluding hydrogens is 418 g/mol. The molecule has 1 aliphatic heterocycles. The van der Waals surface area contributed by atoms with Crippen molar-refractivity contribution in [1.29, 1.82) is 0 Å². The summed E-state index contributed by atoms with van der Waals surface area (Å²) in [6.45, 7) is 1.10. The lowest BCUT2D eigenvalue weighted by Gasteiger charge is -2.30. The van der Waals surface area contributed by atoms with Crippen LogP contribution in [0.5, 0.6) is 0 Å². The highest BCUT2D eigenvalue weighted by atomic mass is 32.2. The molecule has 1 aromatic heterocycles. The molecule has 166 valence electrons. The summed E-state index contributed by atoms with van der Waals surface area (Å²) < 4.78 is 24.9. The number of nitrogens with two attached hydrogens (primary N) is 1. The zero-order valence-electron chi connectivity index (χ0n) is 17.4. The van der Waals surface area contributed by atoms with Crippen LogP contribution < -0.4 is 16.4 Å². The lowest BCUT2D eigenvalue weighted by atomic mass is 9.90. The number of amides is 1. The minimum atomic E-state index is -3.12. The number of sulfonamides is 1. The molecule has 0 unspecified atom stereocenters. The average Bonchev–Trinajstić information content (AvgIpc) is 2.71. The number of piperidine rings is 1. The molecule has 2 heterocycles. The van der Waals surface area contributed by atoms with Crippen molar-refractivity contribution in [2.75, 3.05) is 30.0 Å². The number of nitrogens with one attached hydrogen (secondary N) is 2. The molecule has 2 aromatic rings. The Hall–Kier alpha value is -2.79. The SMILES string of the molecule is CS(=O)(=O)N1CCC(c2ccc(Nc3nnc(C(N)=O)c(NC4CCC4)n3)cc2)CC1. The van der Waals surface area contributed by atoms with Gasteiger partial charge in [-0.25, -0.2) is 12.7 Å². The molecular formula is C20H27N7O3S. The van der Waals surface area contributed by atoms with E-state index in [9.17, 15) is 13.2 Å². The van der Waals surface area contributed by atoms with Crippen LogP contribution in [0.25, 0.3) is 0 Å². The van der Waals surface area contributed by atoms with Crippen LogP contribution in [0.2, 0.25) is 0 Å². The number of carbonyl (C=O) groups is 1. The van der Waals surface area contributed by atoms with Crippen molar-refractivity contribution in [3.63, 3.8) is 0 Å². The first kappa shape index (κ1) is 21.4. The van der Waals surface area contributed by atoms with Gasteiger partial charge >= 0.3 is 0 Å². The van der Waals surface area contributed by atoms with Crippen molar-refractivity contribution < 1.29 is 13.2 Å². The quantitative estimate of drug-likeness (QED) is 0.585. The molecule has 1 saturated carbocycles. The molecule has 4 N–H and O–H groups in total. The van der Waals surface area contributed by atoms with Gasteiger partial charge in [-0.15, -0.1) is 10.2 Å². The van der Waals surface area contributed by atoms with Gasteiger partial charge in [-0.1, -0.05) is 12.1 Å². The van der Waals surface area contributed by atoms with Gasteiger partial charge in [0.2, 0.25) is 16.0 Å². The van der Waals surface area contributed by atoms with E-state index in [2.05, 4.69) is 25.8 Å². The first-order valence-electron chi connectivity index (χ1n) is 10.4. The van der Waals surface area contributed by atoms with Gasteiger partial charge in [-0.05, 0) is 55.7 Å². The van der Waals surface area contributed by atoms with Crippen molar-refractivity contribution in [1.82, 2.24) is 19.5 Å². The number of hydrogen-bond acceptors (Lipinski definition) is 8. The standard InChI is InChI=1S/C20H27N7O3S/c1-31(29,30)27-11-9-14(10-12-27)13-5-7-16(8-6-13)23-20-24-19(22-15-3-2-4-15)17(18(21)28)25-26-20/h5-8,14-15H,2-4,9-12H2,1H3,(H2,21,28)(H2,22,23,24,26). The molecule has 0 bridgehead atoms. The first-order valence-corrected chi connectivity index (χ1v) is 12.3. The number of anilines is 3. The first-order chi connectivity index (χ1) is 14.8. The fourth-order valence-electron chi connectivity index (χ4n) is 3.88. The smallest absolute Gasteiger partial charge is 0.273 e. The number of benzene rings is 1. The van der Waals surface area contributed by atoms with Crippen molar-refractivity contribution >= 4 is 33.4 Å². The van der Waals surface area contributed by atoms with Gasteiger partial charge in [0.1, 0.15) is 0 Å². The van der Waals surface area contributed by atoms with E-state index in [0.29, 0.717) is 24.8 Å². The number of primary amides is 1. The van der Waals surface area contributed by atoms with Gasteiger partial charge in [0.25, 0.3) is 5.91 Å². The summed E-state index contributed by atoms with van der Waals surface area (Å²) in [7, 11) is -3.12. The Morgan fingerprint density at radius 3 is 2.32 bits per heavy atom. The molecule has 1 aliphatic carbocycles. The Kier molecular flexibility index (Phi) is 6.05. The second-order valence-corrected chi connectivity index (χ2v) is 10.1. The van der Waals surface area contributed by atoms with E-state index in [1.54, 1.807) is 0 Å². The van der Waals surface area contributed by atoms with E-state index in [1.165, 1.54) is 16.1 Å². The molecule has 10 nitrogen and oxygen atoms in total. The van der Waals surface area contributed by atoms with Crippen LogP contribution >= 0.6 is 0 Å². The molecule has 1 saturated heterocycles. The fraction of sp³-hybridized carbons (Fsp3) is 0.500. The van der Waals surface area contributed by atoms with E-state index < -0.39 is 15.9 Å². The van der Waals surface area contributed by atoms with Crippen molar-refractivity contribution in [3.05, 3.63) is 35.5 Å². The number of hydrogen-bond donors (Lipinski definition) is 3. The third kappa shape index (κ3) is 5.10. The van der Waals surface area contributed by atoms with Gasteiger partial charge in [0.05, 0.1) is 6.26 Å². The van der Waals surface area contributed by atoms with Crippen LogP contribution in [0.4, 0.5) is 17.5 Å². The lowest BCUT2D eigenvalue weighted by molar-refractivity contribution is 0.0995. The van der Waals surface area contributed by atoms with Crippen molar-refractivity contribution in [2.24, 2.45) is 5.73 Å². The molecule has 2 aliphatic rings. The lowest BCUT2D eigenvalue weighted by Crippen LogP contribution is -2.37. The third-order valence-corrected chi connectivity index (χ3v) is 7.23. The van der Waals surface area contributed by atoms with Gasteiger partial charge in [-0.3, -0.25) is 4.79 Å². The van der Waals surface area contributed by atoms with Crippen molar-refractivity contribution in [2.45, 2.75) is 44.1 Å². The Bertz CT molecular complexity index is 1050. The largest absolute Gasteiger partial charge is 0.365 e. The number of rotatable bonds is 7. The molecule has 31 heavy (non-hydrogen) atoms. The maximum atomic E-state index is 11.7. The van der Waals surface area contributed by atoms with E-state index in [-0.39, 0.29) is 17.7 Å². The minimum absolute atomic E-state index is 0.0354. The summed E-state index contributed by atoms with van der Waals surface area (Å²) >= 11 is 0. The highest BCUT2D eigenvalue weighted by Gasteiger charge is 2.26. The maximum Gasteiger partial charge on any atom is 0.273 e. The summed E-state index contributed by atoms with van der Waals surface area (Å²) in [5.74, 6) is 0.294. The summed E-state index contributed by atoms with van der Waals surface area (Å²) in [5.41, 5.74) is 7.40. The zero-order chi connectivity index (χ0) is 22.0. The second kappa shape index (κ2) is 8.75. The zero-order valence-corrected chi connectivity index (χ0v) is 18.2. The van der Waals surface area contributed by atoms with E-state index in [0.717, 1.165) is 37.8 Å². The van der Waals surface area contributed by atoms with Gasteiger partial charge in [0, 0.05) is 24.8 Å². The van der Waals surface area contributed by atoms with Crippen LogP contribution in [-0.2, 0) is 10.0 Å². The number of nitrogens with zero attached hydrogens (tertiary/aromatic N) is 4. The predicted octanol–water partition coefficient (Wildman–Crippen LogP) is 1.82. The molecule has 4 rings (SSSR count). The van der Waals surface area contributed by atoms with Crippen LogP contribution in [0.1, 0.15) is 54.1 Å². The normalized spacial score (nSPS) is 18.4. The van der Waals surface area contributed by atoms with Crippen LogP contribution in [0.3, 0.4) is 0 Å². The molecule has 2 fully saturated rings. The summed E-state index contributed by atoms with van der Waals surface area (Å²) in [5, 5.41) is 14.2. The maximum absolute atomic E-state index is 11.7. The Morgan fingerprint density at radius 2 is 1.77 bits per heavy atom. The molecule has 0 spiro atoms. The number of carbonyl (C=O) groups excluding carboxylic acids is 1. The highest BCUT2D eigenvalue weighted by Crippen LogP contribution is 2.30. The minimum Gasteiger partial charge on any atom is -0.365 e. The molecule has 1 amide bonds. The van der Waals surface area contributed by atoms with E-state index in [4.69, 9.17) is 5.73 Å². The summed E-state index contributed by atoms with van der Waals surface area (Å²) in [4.78, 5) is 16.0. The molecule has 11 heteroatoms. The van der Waals surface area contributed by atoms with Crippen LogP contribution in [0.15, 0.2) is 24.3 Å². The number of aromatic nitrogens is 3. The molecule has 1 aromatic carbocycles. The molecule has 0 radical (unpaired) electrons. The van der Waals surface area contributed by atoms with E-state index >= 15 is 0 Å². The van der Waals surface area contributed by atoms with Gasteiger partial charge in [-0.2, -0.15) is 4.98 Å². The van der Waals surface area contributed by atoms with E-state index in [1.807, 2.05) is 24.3 Å². The Balaban J connectivity index is 1.42. The topological polar surface area (TPSA) is 143 Å². The Labute approximate surface area is 181 Å². The average molecular weight is 446 g/mol. The van der Waals surface area contributed by atoms with Gasteiger partial charge < -0.3 is 16.4 Å². The monoisotopic (exact) mass is 445 g/mol.